The Morgan fingerprint density at radius 3 is 1.83 bits per heavy atom. The Morgan fingerprint density at radius 2 is 1.34 bits per heavy atom. The van der Waals surface area contributed by atoms with Gasteiger partial charge in [-0.05, 0) is 60.4 Å². The largest absolute Gasteiger partial charge is 0.416 e. The van der Waals surface area contributed by atoms with Gasteiger partial charge in [-0.25, -0.2) is 0 Å². The Labute approximate surface area is 178 Å². The van der Waals surface area contributed by atoms with Crippen molar-refractivity contribution in [1.82, 2.24) is 5.32 Å². The molecule has 1 nitrogen and oxygen atoms in total. The van der Waals surface area contributed by atoms with Crippen molar-refractivity contribution in [2.75, 3.05) is 0 Å². The van der Waals surface area contributed by atoms with Crippen LogP contribution in [0.25, 0.3) is 0 Å². The number of nitrogens with one attached hydrogen (secondary N) is 1. The Kier molecular flexibility index (Phi) is 6.89. The van der Waals surface area contributed by atoms with Crippen LogP contribution in [-0.2, 0) is 12.6 Å². The lowest BCUT2D eigenvalue weighted by atomic mass is 9.96. The van der Waals surface area contributed by atoms with Crippen molar-refractivity contribution in [2.45, 2.75) is 31.6 Å². The maximum Gasteiger partial charge on any atom is 0.416 e. The molecule has 0 aliphatic carbocycles. The molecule has 0 amide bonds. The first-order chi connectivity index (χ1) is 13.7. The third kappa shape index (κ3) is 5.99. The molecule has 0 aliphatic rings. The molecule has 0 bridgehead atoms. The van der Waals surface area contributed by atoms with E-state index < -0.39 is 11.7 Å². The molecule has 29 heavy (non-hydrogen) atoms. The first-order valence-electron chi connectivity index (χ1n) is 9.15. The first-order valence-corrected chi connectivity index (χ1v) is 9.91. The monoisotopic (exact) mass is 437 g/mol. The molecule has 0 spiro atoms. The molecule has 0 heterocycles. The van der Waals surface area contributed by atoms with Crippen LogP contribution in [0.15, 0.2) is 72.8 Å². The molecule has 152 valence electrons. The van der Waals surface area contributed by atoms with E-state index in [4.69, 9.17) is 23.2 Å². The summed E-state index contributed by atoms with van der Waals surface area (Å²) in [6.07, 6.45) is -3.89. The Bertz CT molecular complexity index is 892. The molecule has 3 rings (SSSR count). The van der Waals surface area contributed by atoms with Crippen molar-refractivity contribution in [1.29, 1.82) is 0 Å². The summed E-state index contributed by atoms with van der Waals surface area (Å²) in [7, 11) is 0. The van der Waals surface area contributed by atoms with Crippen LogP contribution in [0.2, 0.25) is 10.0 Å². The van der Waals surface area contributed by atoms with E-state index in [1.54, 1.807) is 6.07 Å². The minimum atomic E-state index is -4.35. The van der Waals surface area contributed by atoms with E-state index in [9.17, 15) is 13.2 Å². The molecule has 3 aromatic rings. The minimum absolute atomic E-state index is 0.0742. The first kappa shape index (κ1) is 21.7. The van der Waals surface area contributed by atoms with Crippen LogP contribution in [0, 0.1) is 0 Å². The van der Waals surface area contributed by atoms with Gasteiger partial charge in [0.05, 0.1) is 11.6 Å². The molecule has 0 aromatic heterocycles. The van der Waals surface area contributed by atoms with Gasteiger partial charge in [-0.2, -0.15) is 13.2 Å². The van der Waals surface area contributed by atoms with Crippen molar-refractivity contribution < 1.29 is 13.2 Å². The normalized spacial score (nSPS) is 12.9. The second-order valence-electron chi connectivity index (χ2n) is 7.01. The Morgan fingerprint density at radius 1 is 0.828 bits per heavy atom. The number of hydrogen-bond donors (Lipinski definition) is 1. The zero-order chi connectivity index (χ0) is 21.0. The van der Waals surface area contributed by atoms with Crippen LogP contribution in [-0.4, -0.2) is 6.04 Å². The predicted molar refractivity (Wildman–Crippen MR) is 112 cm³/mol. The highest BCUT2D eigenvalue weighted by Crippen LogP contribution is 2.30. The van der Waals surface area contributed by atoms with Crippen LogP contribution in [0.4, 0.5) is 13.2 Å². The van der Waals surface area contributed by atoms with Gasteiger partial charge in [-0.1, -0.05) is 65.7 Å². The van der Waals surface area contributed by atoms with Crippen LogP contribution < -0.4 is 5.32 Å². The van der Waals surface area contributed by atoms with Crippen molar-refractivity contribution in [2.24, 2.45) is 0 Å². The van der Waals surface area contributed by atoms with Crippen molar-refractivity contribution in [3.05, 3.63) is 105 Å². The summed E-state index contributed by atoms with van der Waals surface area (Å²) >= 11 is 12.0. The average molecular weight is 438 g/mol. The van der Waals surface area contributed by atoms with Gasteiger partial charge >= 0.3 is 6.18 Å². The van der Waals surface area contributed by atoms with Gasteiger partial charge in [0.25, 0.3) is 0 Å². The molecule has 0 radical (unpaired) electrons. The summed E-state index contributed by atoms with van der Waals surface area (Å²) in [6.45, 7) is 1.96. The molecular weight excluding hydrogens is 418 g/mol. The molecule has 0 fully saturated rings. The summed E-state index contributed by atoms with van der Waals surface area (Å²) in [6, 6.07) is 20.3. The highest BCUT2D eigenvalue weighted by molar-refractivity contribution is 6.30. The number of benzene rings is 3. The zero-order valence-electron chi connectivity index (χ0n) is 15.7. The van der Waals surface area contributed by atoms with E-state index >= 15 is 0 Å². The van der Waals surface area contributed by atoms with Gasteiger partial charge in [-0.15, -0.1) is 0 Å². The van der Waals surface area contributed by atoms with Crippen LogP contribution in [0.1, 0.15) is 35.2 Å². The maximum absolute atomic E-state index is 13.0. The lowest BCUT2D eigenvalue weighted by Gasteiger charge is -2.25. The summed E-state index contributed by atoms with van der Waals surface area (Å²) in [5, 5.41) is 4.81. The van der Waals surface area contributed by atoms with Crippen molar-refractivity contribution in [3.63, 3.8) is 0 Å². The smallest absolute Gasteiger partial charge is 0.303 e. The fourth-order valence-corrected chi connectivity index (χ4v) is 3.52. The molecule has 1 atom stereocenters. The van der Waals surface area contributed by atoms with Gasteiger partial charge in [0.1, 0.15) is 0 Å². The van der Waals surface area contributed by atoms with E-state index in [0.29, 0.717) is 22.0 Å². The Hall–Kier alpha value is -2.01. The van der Waals surface area contributed by atoms with E-state index in [-0.39, 0.29) is 12.1 Å². The van der Waals surface area contributed by atoms with E-state index in [1.165, 1.54) is 12.1 Å². The highest BCUT2D eigenvalue weighted by atomic mass is 35.5. The lowest BCUT2D eigenvalue weighted by Crippen LogP contribution is -2.33. The minimum Gasteiger partial charge on any atom is -0.303 e. The number of halogens is 5. The lowest BCUT2D eigenvalue weighted by molar-refractivity contribution is -0.137. The fraction of sp³-hybridized carbons (Fsp3) is 0.217. The molecule has 0 saturated carbocycles. The SMILES string of the molecule is C[C@@H](Cc1cccc(C(F)(F)F)c1)NC(c1ccc(Cl)cc1)c1ccc(Cl)cc1. The van der Waals surface area contributed by atoms with Gasteiger partial charge in [0.15, 0.2) is 0 Å². The topological polar surface area (TPSA) is 12.0 Å². The predicted octanol–water partition coefficient (Wildman–Crippen LogP) is 7.32. The summed E-state index contributed by atoms with van der Waals surface area (Å²) in [4.78, 5) is 0. The van der Waals surface area contributed by atoms with Crippen LogP contribution in [0.3, 0.4) is 0 Å². The summed E-state index contributed by atoms with van der Waals surface area (Å²) in [5.41, 5.74) is 2.01. The standard InChI is InChI=1S/C23H20Cl2F3N/c1-15(13-16-3-2-4-19(14-16)23(26,27)28)29-22(17-5-9-20(24)10-6-17)18-7-11-21(25)12-8-18/h2-12,14-15,22,29H,13H2,1H3/t15-/m0/s1. The molecule has 0 saturated heterocycles. The van der Waals surface area contributed by atoms with E-state index in [1.807, 2.05) is 55.5 Å². The zero-order valence-corrected chi connectivity index (χ0v) is 17.2. The second kappa shape index (κ2) is 9.21. The number of alkyl halides is 3. The molecule has 6 heteroatoms. The van der Waals surface area contributed by atoms with Gasteiger partial charge in [-0.3, -0.25) is 0 Å². The summed E-state index contributed by atoms with van der Waals surface area (Å²) < 4.78 is 39.0. The molecule has 1 N–H and O–H groups in total. The van der Waals surface area contributed by atoms with E-state index in [2.05, 4.69) is 5.32 Å². The Balaban J connectivity index is 1.82. The second-order valence-corrected chi connectivity index (χ2v) is 7.88. The van der Waals surface area contributed by atoms with Crippen LogP contribution in [0.5, 0.6) is 0 Å². The molecule has 0 unspecified atom stereocenters. The number of hydrogen-bond acceptors (Lipinski definition) is 1. The molecular formula is C23H20Cl2F3N. The van der Waals surface area contributed by atoms with Crippen molar-refractivity contribution in [3.8, 4) is 0 Å². The summed E-state index contributed by atoms with van der Waals surface area (Å²) in [5.74, 6) is 0. The third-order valence-corrected chi connectivity index (χ3v) is 5.16. The third-order valence-electron chi connectivity index (χ3n) is 4.65. The molecule has 3 aromatic carbocycles. The number of rotatable bonds is 6. The van der Waals surface area contributed by atoms with Gasteiger partial charge in [0, 0.05) is 16.1 Å². The van der Waals surface area contributed by atoms with E-state index in [0.717, 1.165) is 17.2 Å². The van der Waals surface area contributed by atoms with Gasteiger partial charge < -0.3 is 5.32 Å². The quantitative estimate of drug-likeness (QED) is 0.425. The average Bonchev–Trinajstić information content (AvgIpc) is 2.67. The fourth-order valence-electron chi connectivity index (χ4n) is 3.27. The van der Waals surface area contributed by atoms with Crippen LogP contribution >= 0.6 is 23.2 Å². The maximum atomic E-state index is 13.0. The highest BCUT2D eigenvalue weighted by Gasteiger charge is 2.30. The van der Waals surface area contributed by atoms with Crippen molar-refractivity contribution >= 4 is 23.2 Å². The molecule has 0 aliphatic heterocycles. The van der Waals surface area contributed by atoms with Gasteiger partial charge in [0.2, 0.25) is 0 Å².